The van der Waals surface area contributed by atoms with Gasteiger partial charge in [0.25, 0.3) is 0 Å². The molecule has 0 aromatic heterocycles. The highest BCUT2D eigenvalue weighted by atomic mass is 19.3. The number of rotatable bonds is 13. The fraction of sp³-hybridized carbons (Fsp3) is 0.659. The summed E-state index contributed by atoms with van der Waals surface area (Å²) in [5.41, 5.74) is 2.56. The van der Waals surface area contributed by atoms with Crippen LogP contribution in [0.3, 0.4) is 0 Å². The predicted octanol–water partition coefficient (Wildman–Crippen LogP) is 13.1. The average Bonchev–Trinajstić information content (AvgIpc) is 3.06. The van der Waals surface area contributed by atoms with Crippen LogP contribution in [0, 0.1) is 35.3 Å². The van der Waals surface area contributed by atoms with Crippen molar-refractivity contribution >= 4 is 0 Å². The molecule has 254 valence electrons. The number of alkyl halides is 2. The molecule has 3 fully saturated rings. The smallest absolute Gasteiger partial charge is 0.400 e. The van der Waals surface area contributed by atoms with Gasteiger partial charge < -0.3 is 4.74 Å². The van der Waals surface area contributed by atoms with E-state index < -0.39 is 17.8 Å². The number of unbranched alkanes of at least 4 members (excludes halogenated alkanes) is 2. The normalized spacial score (nSPS) is 27.6. The third-order valence-electron chi connectivity index (χ3n) is 11.8. The molecule has 5 heteroatoms. The first-order valence-electron chi connectivity index (χ1n) is 18.5. The molecule has 2 aromatic rings. The molecule has 0 radical (unpaired) electrons. The zero-order chi connectivity index (χ0) is 32.5. The van der Waals surface area contributed by atoms with E-state index in [2.05, 4.69) is 19.1 Å². The molecule has 3 saturated carbocycles. The Bertz CT molecular complexity index is 1250. The van der Waals surface area contributed by atoms with E-state index in [1.54, 1.807) is 6.07 Å². The number of aryl methyl sites for hydroxylation is 1. The third-order valence-corrected chi connectivity index (χ3v) is 11.8. The van der Waals surface area contributed by atoms with Gasteiger partial charge in [-0.2, -0.15) is 8.78 Å². The maximum absolute atomic E-state index is 15.4. The third kappa shape index (κ3) is 9.19. The van der Waals surface area contributed by atoms with Gasteiger partial charge in [-0.3, -0.25) is 0 Å². The van der Waals surface area contributed by atoms with Crippen LogP contribution >= 0.6 is 0 Å². The van der Waals surface area contributed by atoms with Gasteiger partial charge in [0.2, 0.25) is 0 Å². The van der Waals surface area contributed by atoms with E-state index in [0.717, 1.165) is 56.1 Å². The zero-order valence-electron chi connectivity index (χ0n) is 28.2. The van der Waals surface area contributed by atoms with Crippen molar-refractivity contribution in [2.75, 3.05) is 0 Å². The van der Waals surface area contributed by atoms with E-state index >= 15 is 13.2 Å². The molecular weight excluding hydrogens is 584 g/mol. The Morgan fingerprint density at radius 3 is 2.07 bits per heavy atom. The van der Waals surface area contributed by atoms with Crippen LogP contribution in [0.5, 0.6) is 5.75 Å². The Hall–Kier alpha value is -2.30. The van der Waals surface area contributed by atoms with Crippen LogP contribution < -0.4 is 4.74 Å². The molecule has 5 rings (SSSR count). The molecule has 0 N–H and O–H groups in total. The van der Waals surface area contributed by atoms with Gasteiger partial charge in [-0.1, -0.05) is 63.0 Å². The van der Waals surface area contributed by atoms with Gasteiger partial charge in [-0.05, 0) is 155 Å². The van der Waals surface area contributed by atoms with Crippen LogP contribution in [0.2, 0.25) is 0 Å². The van der Waals surface area contributed by atoms with Crippen LogP contribution in [0.4, 0.5) is 17.6 Å². The van der Waals surface area contributed by atoms with Gasteiger partial charge in [0, 0.05) is 6.07 Å². The van der Waals surface area contributed by atoms with E-state index in [1.165, 1.54) is 63.0 Å². The summed E-state index contributed by atoms with van der Waals surface area (Å²) in [5.74, 6) is 1.06. The van der Waals surface area contributed by atoms with Gasteiger partial charge in [-0.15, -0.1) is 0 Å². The van der Waals surface area contributed by atoms with Crippen molar-refractivity contribution < 1.29 is 22.3 Å². The minimum atomic E-state index is -3.32. The van der Waals surface area contributed by atoms with Gasteiger partial charge in [0.15, 0.2) is 0 Å². The highest BCUT2D eigenvalue weighted by Crippen LogP contribution is 2.47. The lowest BCUT2D eigenvalue weighted by Gasteiger charge is -2.39. The monoisotopic (exact) mass is 640 g/mol. The summed E-state index contributed by atoms with van der Waals surface area (Å²) < 4.78 is 65.3. The van der Waals surface area contributed by atoms with Gasteiger partial charge in [-0.25, -0.2) is 8.78 Å². The van der Waals surface area contributed by atoms with Crippen LogP contribution in [-0.4, -0.2) is 6.11 Å². The van der Waals surface area contributed by atoms with Crippen LogP contribution in [0.25, 0.3) is 0 Å². The molecule has 0 saturated heterocycles. The molecule has 0 atom stereocenters. The molecule has 0 unspecified atom stereocenters. The molecule has 0 amide bonds. The second kappa shape index (κ2) is 16.7. The quantitative estimate of drug-likeness (QED) is 0.120. The van der Waals surface area contributed by atoms with Crippen LogP contribution in [0.15, 0.2) is 48.6 Å². The number of halogens is 4. The summed E-state index contributed by atoms with van der Waals surface area (Å²) in [6, 6.07) is 10.2. The van der Waals surface area contributed by atoms with Crippen molar-refractivity contribution in [1.82, 2.24) is 0 Å². The highest BCUT2D eigenvalue weighted by molar-refractivity contribution is 5.31. The number of allylic oxidation sites excluding steroid dienone is 2. The van der Waals surface area contributed by atoms with Crippen LogP contribution in [-0.2, 0) is 6.42 Å². The summed E-state index contributed by atoms with van der Waals surface area (Å²) in [6.45, 7) is 4.17. The Kier molecular flexibility index (Phi) is 12.7. The number of ether oxygens (including phenoxy) is 1. The maximum atomic E-state index is 15.4. The van der Waals surface area contributed by atoms with Crippen molar-refractivity contribution in [2.45, 2.75) is 147 Å². The van der Waals surface area contributed by atoms with Crippen LogP contribution in [0.1, 0.15) is 152 Å². The Morgan fingerprint density at radius 1 is 0.761 bits per heavy atom. The minimum Gasteiger partial charge on any atom is -0.432 e. The van der Waals surface area contributed by atoms with Gasteiger partial charge >= 0.3 is 6.11 Å². The molecule has 0 spiro atoms. The zero-order valence-corrected chi connectivity index (χ0v) is 28.2. The first kappa shape index (κ1) is 35.0. The second-order valence-corrected chi connectivity index (χ2v) is 14.7. The van der Waals surface area contributed by atoms with E-state index in [4.69, 9.17) is 4.74 Å². The molecule has 3 aliphatic rings. The summed E-state index contributed by atoms with van der Waals surface area (Å²) in [4.78, 5) is 0. The Labute approximate surface area is 275 Å². The SMILES string of the molecule is CC=CCCc1ccc(OC(F)(F)C2CCC(C3CCC(c4ccc(C5CCC(CCCCC)CC5)cc4F)CC3)CC2)cc1F. The topological polar surface area (TPSA) is 9.23 Å². The second-order valence-electron chi connectivity index (χ2n) is 14.7. The first-order chi connectivity index (χ1) is 22.3. The lowest BCUT2D eigenvalue weighted by molar-refractivity contribution is -0.224. The minimum absolute atomic E-state index is 0.0306. The molecule has 0 bridgehead atoms. The molecule has 3 aliphatic carbocycles. The van der Waals surface area contributed by atoms with E-state index in [1.807, 2.05) is 25.1 Å². The number of benzene rings is 2. The lowest BCUT2D eigenvalue weighted by Crippen LogP contribution is -2.38. The summed E-state index contributed by atoms with van der Waals surface area (Å²) in [7, 11) is 0. The van der Waals surface area contributed by atoms with E-state index in [0.29, 0.717) is 49.0 Å². The molecule has 0 aliphatic heterocycles. The predicted molar refractivity (Wildman–Crippen MR) is 180 cm³/mol. The van der Waals surface area contributed by atoms with Crippen molar-refractivity contribution in [3.05, 3.63) is 76.9 Å². The van der Waals surface area contributed by atoms with Crippen molar-refractivity contribution in [1.29, 1.82) is 0 Å². The highest BCUT2D eigenvalue weighted by Gasteiger charge is 2.45. The number of hydrogen-bond donors (Lipinski definition) is 0. The average molecular weight is 641 g/mol. The van der Waals surface area contributed by atoms with Crippen molar-refractivity contribution in [3.63, 3.8) is 0 Å². The summed E-state index contributed by atoms with van der Waals surface area (Å²) >= 11 is 0. The standard InChI is InChI=1S/C41H56F4O/c1-3-5-7-9-29-11-13-32(14-12-29)35-22-26-38(40(43)27-35)33-17-15-30(16-18-33)31-19-23-36(24-20-31)41(44,45)46-37-25-21-34(39(42)28-37)10-8-6-4-2/h4,6,21-22,25-33,36H,3,5,7-20,23-24H2,1-2H3. The summed E-state index contributed by atoms with van der Waals surface area (Å²) in [6.07, 6.45) is 18.4. The molecular formula is C41H56F4O. The van der Waals surface area contributed by atoms with Crippen molar-refractivity contribution in [2.24, 2.45) is 23.7 Å². The Morgan fingerprint density at radius 2 is 1.43 bits per heavy atom. The summed E-state index contributed by atoms with van der Waals surface area (Å²) in [5, 5.41) is 0. The molecule has 46 heavy (non-hydrogen) atoms. The first-order valence-corrected chi connectivity index (χ1v) is 18.5. The fourth-order valence-corrected chi connectivity index (χ4v) is 8.86. The molecule has 2 aromatic carbocycles. The van der Waals surface area contributed by atoms with Crippen molar-refractivity contribution in [3.8, 4) is 5.75 Å². The van der Waals surface area contributed by atoms with Gasteiger partial charge in [0.1, 0.15) is 17.4 Å². The van der Waals surface area contributed by atoms with E-state index in [-0.39, 0.29) is 17.5 Å². The Balaban J connectivity index is 1.06. The molecule has 0 heterocycles. The maximum Gasteiger partial charge on any atom is 0.400 e. The van der Waals surface area contributed by atoms with E-state index in [9.17, 15) is 4.39 Å². The lowest BCUT2D eigenvalue weighted by atomic mass is 9.68. The van der Waals surface area contributed by atoms with Gasteiger partial charge in [0.05, 0.1) is 5.92 Å². The largest absolute Gasteiger partial charge is 0.432 e. The fourth-order valence-electron chi connectivity index (χ4n) is 8.86. The molecule has 1 nitrogen and oxygen atoms in total. The number of hydrogen-bond acceptors (Lipinski definition) is 1.